The Balaban J connectivity index is 3.20. The summed E-state index contributed by atoms with van der Waals surface area (Å²) >= 11 is 6.05. The number of rotatable bonds is 4. The fraction of sp³-hybridized carbons (Fsp3) is 0.417. The molecule has 5 nitrogen and oxygen atoms in total. The van der Waals surface area contributed by atoms with E-state index in [9.17, 15) is 4.79 Å². The van der Waals surface area contributed by atoms with E-state index >= 15 is 0 Å². The van der Waals surface area contributed by atoms with E-state index in [2.05, 4.69) is 4.98 Å². The van der Waals surface area contributed by atoms with Crippen LogP contribution in [0.15, 0.2) is 6.07 Å². The highest BCUT2D eigenvalue weighted by Gasteiger charge is 2.19. The molecule has 1 heterocycles. The van der Waals surface area contributed by atoms with Crippen LogP contribution in [0.25, 0.3) is 0 Å². The van der Waals surface area contributed by atoms with Crippen molar-refractivity contribution in [1.82, 2.24) is 4.98 Å². The lowest BCUT2D eigenvalue weighted by molar-refractivity contribution is 0.0519. The van der Waals surface area contributed by atoms with Gasteiger partial charge in [0.1, 0.15) is 5.82 Å². The first-order chi connectivity index (χ1) is 8.38. The fourth-order valence-corrected chi connectivity index (χ4v) is 1.70. The van der Waals surface area contributed by atoms with Gasteiger partial charge in [-0.15, -0.1) is 0 Å². The molecule has 1 aromatic heterocycles. The van der Waals surface area contributed by atoms with Crippen molar-refractivity contribution in [3.63, 3.8) is 0 Å². The maximum Gasteiger partial charge on any atom is 0.357 e. The van der Waals surface area contributed by atoms with Crippen LogP contribution in [0.2, 0.25) is 5.02 Å². The Morgan fingerprint density at radius 2 is 2.22 bits per heavy atom. The first kappa shape index (κ1) is 14.4. The van der Waals surface area contributed by atoms with E-state index in [1.165, 1.54) is 6.07 Å². The van der Waals surface area contributed by atoms with Gasteiger partial charge in [0, 0.05) is 5.71 Å². The molecule has 0 bridgehead atoms. The van der Waals surface area contributed by atoms with Crippen molar-refractivity contribution >= 4 is 29.1 Å². The van der Waals surface area contributed by atoms with Crippen molar-refractivity contribution in [1.29, 1.82) is 5.41 Å². The quantitative estimate of drug-likeness (QED) is 0.649. The topological polar surface area (TPSA) is 89.1 Å². The van der Waals surface area contributed by atoms with Gasteiger partial charge in [0.05, 0.1) is 17.2 Å². The van der Waals surface area contributed by atoms with Crippen LogP contribution in [-0.4, -0.2) is 23.3 Å². The predicted octanol–water partition coefficient (Wildman–Crippen LogP) is 2.52. The minimum atomic E-state index is -0.575. The number of esters is 1. The Kier molecular flexibility index (Phi) is 4.67. The van der Waals surface area contributed by atoms with E-state index in [4.69, 9.17) is 27.5 Å². The van der Waals surface area contributed by atoms with E-state index in [1.54, 1.807) is 6.92 Å². The van der Waals surface area contributed by atoms with Gasteiger partial charge in [-0.1, -0.05) is 25.4 Å². The molecule has 0 amide bonds. The number of nitrogens with two attached hydrogens (primary N) is 1. The first-order valence-corrected chi connectivity index (χ1v) is 5.98. The zero-order chi connectivity index (χ0) is 13.9. The summed E-state index contributed by atoms with van der Waals surface area (Å²) in [6, 6.07) is 1.38. The number of aromatic nitrogens is 1. The average molecular weight is 270 g/mol. The summed E-state index contributed by atoms with van der Waals surface area (Å²) in [5.41, 5.74) is 6.47. The zero-order valence-corrected chi connectivity index (χ0v) is 11.3. The highest BCUT2D eigenvalue weighted by Crippen LogP contribution is 2.25. The maximum absolute atomic E-state index is 11.5. The molecule has 0 fully saturated rings. The van der Waals surface area contributed by atoms with Gasteiger partial charge >= 0.3 is 5.97 Å². The van der Waals surface area contributed by atoms with Crippen molar-refractivity contribution in [2.75, 3.05) is 12.3 Å². The molecule has 0 spiro atoms. The summed E-state index contributed by atoms with van der Waals surface area (Å²) in [4.78, 5) is 15.4. The second-order valence-corrected chi connectivity index (χ2v) is 4.45. The number of halogens is 1. The smallest absolute Gasteiger partial charge is 0.357 e. The molecule has 0 saturated heterocycles. The molecule has 1 rings (SSSR count). The van der Waals surface area contributed by atoms with Crippen LogP contribution in [0.1, 0.15) is 36.8 Å². The third-order valence-corrected chi connectivity index (χ3v) is 2.63. The standard InChI is InChI=1S/C12H16ClN3O2/c1-4-18-12(17)8-5-7(13)9(11(15)16-8)10(14)6(2)3/h5-6,14H,4H2,1-3H3,(H2,15,16). The number of hydrogen-bond acceptors (Lipinski definition) is 5. The second kappa shape index (κ2) is 5.82. The number of carbonyl (C=O) groups is 1. The SMILES string of the molecule is CCOC(=O)c1cc(Cl)c(C(=N)C(C)C)c(N)n1. The Labute approximate surface area is 111 Å². The van der Waals surface area contributed by atoms with Crippen LogP contribution in [0, 0.1) is 11.3 Å². The predicted molar refractivity (Wildman–Crippen MR) is 71.3 cm³/mol. The number of hydrogen-bond donors (Lipinski definition) is 2. The summed E-state index contributed by atoms with van der Waals surface area (Å²) < 4.78 is 4.82. The number of carbonyl (C=O) groups excluding carboxylic acids is 1. The van der Waals surface area contributed by atoms with E-state index in [1.807, 2.05) is 13.8 Å². The van der Waals surface area contributed by atoms with Gasteiger partial charge in [-0.3, -0.25) is 0 Å². The molecule has 3 N–H and O–H groups in total. The van der Waals surface area contributed by atoms with Crippen molar-refractivity contribution in [2.24, 2.45) is 5.92 Å². The molecule has 0 radical (unpaired) electrons. The normalized spacial score (nSPS) is 10.5. The van der Waals surface area contributed by atoms with E-state index in [0.717, 1.165) is 0 Å². The maximum atomic E-state index is 11.5. The summed E-state index contributed by atoms with van der Waals surface area (Å²) in [5, 5.41) is 8.14. The number of nitrogens with zero attached hydrogens (tertiary/aromatic N) is 1. The van der Waals surface area contributed by atoms with Gasteiger partial charge in [-0.2, -0.15) is 0 Å². The Morgan fingerprint density at radius 3 is 2.67 bits per heavy atom. The van der Waals surface area contributed by atoms with Gasteiger partial charge in [0.2, 0.25) is 0 Å². The molecule has 0 unspecified atom stereocenters. The number of ether oxygens (including phenoxy) is 1. The molecule has 0 aliphatic carbocycles. The van der Waals surface area contributed by atoms with Crippen LogP contribution in [0.5, 0.6) is 0 Å². The van der Waals surface area contributed by atoms with Gasteiger partial charge < -0.3 is 15.9 Å². The van der Waals surface area contributed by atoms with Crippen LogP contribution < -0.4 is 5.73 Å². The zero-order valence-electron chi connectivity index (χ0n) is 10.6. The molecule has 6 heteroatoms. The minimum Gasteiger partial charge on any atom is -0.461 e. The van der Waals surface area contributed by atoms with E-state index in [0.29, 0.717) is 11.3 Å². The Hall–Kier alpha value is -1.62. The van der Waals surface area contributed by atoms with Crippen molar-refractivity contribution < 1.29 is 9.53 Å². The van der Waals surface area contributed by atoms with Crippen LogP contribution in [0.4, 0.5) is 5.82 Å². The second-order valence-electron chi connectivity index (χ2n) is 4.04. The number of nitrogens with one attached hydrogen (secondary N) is 1. The van der Waals surface area contributed by atoms with Crippen molar-refractivity contribution in [3.05, 3.63) is 22.3 Å². The summed E-state index contributed by atoms with van der Waals surface area (Å²) in [6.07, 6.45) is 0. The van der Waals surface area contributed by atoms with Gasteiger partial charge in [-0.05, 0) is 18.9 Å². The molecule has 1 aromatic rings. The lowest BCUT2D eigenvalue weighted by Crippen LogP contribution is -2.15. The lowest BCUT2D eigenvalue weighted by atomic mass is 10.0. The summed E-state index contributed by atoms with van der Waals surface area (Å²) in [5.74, 6) is -0.530. The van der Waals surface area contributed by atoms with Gasteiger partial charge in [-0.25, -0.2) is 9.78 Å². The molecular weight excluding hydrogens is 254 g/mol. The number of nitrogen functional groups attached to an aromatic ring is 1. The lowest BCUT2D eigenvalue weighted by Gasteiger charge is -2.13. The average Bonchev–Trinajstić information content (AvgIpc) is 2.27. The highest BCUT2D eigenvalue weighted by atomic mass is 35.5. The molecule has 0 aliphatic heterocycles. The minimum absolute atomic E-state index is 0.0277. The molecule has 98 valence electrons. The van der Waals surface area contributed by atoms with Gasteiger partial charge in [0.25, 0.3) is 0 Å². The first-order valence-electron chi connectivity index (χ1n) is 5.60. The summed E-state index contributed by atoms with van der Waals surface area (Å²) in [6.45, 7) is 5.67. The molecule has 0 atom stereocenters. The van der Waals surface area contributed by atoms with Crippen LogP contribution >= 0.6 is 11.6 Å². The molecule has 0 saturated carbocycles. The third kappa shape index (κ3) is 2.98. The molecule has 0 aliphatic rings. The Morgan fingerprint density at radius 1 is 1.61 bits per heavy atom. The number of pyridine rings is 1. The van der Waals surface area contributed by atoms with Gasteiger partial charge in [0.15, 0.2) is 5.69 Å². The fourth-order valence-electron chi connectivity index (χ4n) is 1.40. The number of anilines is 1. The highest BCUT2D eigenvalue weighted by molar-refractivity contribution is 6.35. The Bertz CT molecular complexity index is 463. The largest absolute Gasteiger partial charge is 0.461 e. The molecule has 18 heavy (non-hydrogen) atoms. The van der Waals surface area contributed by atoms with E-state index < -0.39 is 5.97 Å². The molecular formula is C12H16ClN3O2. The van der Waals surface area contributed by atoms with Crippen molar-refractivity contribution in [3.8, 4) is 0 Å². The van der Waals surface area contributed by atoms with Crippen LogP contribution in [0.3, 0.4) is 0 Å². The third-order valence-electron chi connectivity index (χ3n) is 2.33. The molecule has 0 aromatic carbocycles. The monoisotopic (exact) mass is 269 g/mol. The van der Waals surface area contributed by atoms with E-state index in [-0.39, 0.29) is 29.1 Å². The van der Waals surface area contributed by atoms with Crippen molar-refractivity contribution in [2.45, 2.75) is 20.8 Å². The summed E-state index contributed by atoms with van der Waals surface area (Å²) in [7, 11) is 0. The van der Waals surface area contributed by atoms with Crippen LogP contribution in [-0.2, 0) is 4.74 Å².